The molecule has 0 aliphatic rings. The lowest BCUT2D eigenvalue weighted by Gasteiger charge is -2.16. The van der Waals surface area contributed by atoms with Crippen LogP contribution in [0.5, 0.6) is 0 Å². The highest BCUT2D eigenvalue weighted by Gasteiger charge is 2.01. The highest BCUT2D eigenvalue weighted by Crippen LogP contribution is 2.10. The van der Waals surface area contributed by atoms with E-state index in [9.17, 15) is 0 Å². The van der Waals surface area contributed by atoms with Crippen molar-refractivity contribution in [3.8, 4) is 6.07 Å². The Morgan fingerprint density at radius 1 is 1.53 bits per heavy atom. The van der Waals surface area contributed by atoms with Crippen LogP contribution in [0.2, 0.25) is 0 Å². The average molecular weight is 234 g/mol. The van der Waals surface area contributed by atoms with Gasteiger partial charge in [-0.1, -0.05) is 0 Å². The van der Waals surface area contributed by atoms with Gasteiger partial charge in [0.15, 0.2) is 0 Å². The number of hydrogen-bond acceptors (Lipinski definition) is 5. The molecule has 0 atom stereocenters. The minimum atomic E-state index is 0.625. The van der Waals surface area contributed by atoms with Gasteiger partial charge in [-0.05, 0) is 13.1 Å². The molecule has 0 unspecified atom stereocenters. The van der Waals surface area contributed by atoms with Crippen LogP contribution in [0, 0.1) is 11.3 Å². The Hall–Kier alpha value is -1.64. The maximum Gasteiger partial charge on any atom is 0.101 e. The minimum absolute atomic E-state index is 0.625. The molecule has 1 aromatic rings. The van der Waals surface area contributed by atoms with Crippen LogP contribution in [0.25, 0.3) is 0 Å². The van der Waals surface area contributed by atoms with Crippen LogP contribution in [0.3, 0.4) is 0 Å². The summed E-state index contributed by atoms with van der Waals surface area (Å²) in [5.74, 6) is 0. The topological polar surface area (TPSA) is 61.2 Å². The number of hydrogen-bond donors (Lipinski definition) is 1. The first-order valence-electron chi connectivity index (χ1n) is 5.53. The van der Waals surface area contributed by atoms with Crippen molar-refractivity contribution in [2.75, 3.05) is 45.7 Å². The van der Waals surface area contributed by atoms with E-state index in [1.807, 2.05) is 7.05 Å². The van der Waals surface area contributed by atoms with Crippen LogP contribution in [0.15, 0.2) is 18.5 Å². The number of pyridine rings is 1. The molecule has 5 heteroatoms. The van der Waals surface area contributed by atoms with E-state index >= 15 is 0 Å². The Morgan fingerprint density at radius 3 is 3.06 bits per heavy atom. The average Bonchev–Trinajstić information content (AvgIpc) is 2.37. The molecule has 0 spiro atoms. The van der Waals surface area contributed by atoms with Crippen molar-refractivity contribution in [2.45, 2.75) is 0 Å². The van der Waals surface area contributed by atoms with E-state index in [1.165, 1.54) is 0 Å². The molecule has 1 rings (SSSR count). The molecule has 0 saturated carbocycles. The van der Waals surface area contributed by atoms with Crippen molar-refractivity contribution < 1.29 is 4.74 Å². The number of rotatable bonds is 7. The summed E-state index contributed by atoms with van der Waals surface area (Å²) in [4.78, 5) is 6.16. The van der Waals surface area contributed by atoms with E-state index < -0.39 is 0 Å². The number of nitrogens with one attached hydrogen (secondary N) is 1. The zero-order valence-corrected chi connectivity index (χ0v) is 10.3. The monoisotopic (exact) mass is 234 g/mol. The third-order valence-electron chi connectivity index (χ3n) is 2.43. The second-order valence-corrected chi connectivity index (χ2v) is 3.76. The number of ether oxygens (including phenoxy) is 1. The van der Waals surface area contributed by atoms with Crippen LogP contribution in [-0.2, 0) is 4.74 Å². The lowest BCUT2D eigenvalue weighted by molar-refractivity contribution is 0.163. The molecule has 1 heterocycles. The molecule has 0 fully saturated rings. The van der Waals surface area contributed by atoms with Crippen LogP contribution in [0.4, 0.5) is 5.69 Å². The molecule has 0 aliphatic carbocycles. The van der Waals surface area contributed by atoms with Crippen molar-refractivity contribution in [1.29, 1.82) is 5.26 Å². The SMILES string of the molecule is COCCN(C)CCNc1cnccc1C#N. The lowest BCUT2D eigenvalue weighted by Crippen LogP contribution is -2.28. The summed E-state index contributed by atoms with van der Waals surface area (Å²) in [7, 11) is 3.73. The fraction of sp³-hybridized carbons (Fsp3) is 0.500. The number of aromatic nitrogens is 1. The summed E-state index contributed by atoms with van der Waals surface area (Å²) in [6, 6.07) is 3.84. The maximum atomic E-state index is 8.90. The third-order valence-corrected chi connectivity index (χ3v) is 2.43. The van der Waals surface area contributed by atoms with Gasteiger partial charge in [-0.2, -0.15) is 5.26 Å². The van der Waals surface area contributed by atoms with Gasteiger partial charge in [0.1, 0.15) is 6.07 Å². The van der Waals surface area contributed by atoms with E-state index in [-0.39, 0.29) is 0 Å². The van der Waals surface area contributed by atoms with Crippen molar-refractivity contribution >= 4 is 5.69 Å². The Labute approximate surface area is 102 Å². The molecule has 5 nitrogen and oxygen atoms in total. The fourth-order valence-electron chi connectivity index (χ4n) is 1.37. The first kappa shape index (κ1) is 13.4. The van der Waals surface area contributed by atoms with Gasteiger partial charge in [-0.15, -0.1) is 0 Å². The van der Waals surface area contributed by atoms with Gasteiger partial charge in [0.25, 0.3) is 0 Å². The van der Waals surface area contributed by atoms with Gasteiger partial charge < -0.3 is 15.0 Å². The zero-order chi connectivity index (χ0) is 12.5. The number of nitrogens with zero attached hydrogens (tertiary/aromatic N) is 3. The van der Waals surface area contributed by atoms with Crippen molar-refractivity contribution in [1.82, 2.24) is 9.88 Å². The summed E-state index contributed by atoms with van der Waals surface area (Å²) in [6.07, 6.45) is 3.29. The third kappa shape index (κ3) is 4.81. The van der Waals surface area contributed by atoms with Crippen molar-refractivity contribution in [2.24, 2.45) is 0 Å². The molecule has 0 amide bonds. The minimum Gasteiger partial charge on any atom is -0.383 e. The normalized spacial score (nSPS) is 10.2. The van der Waals surface area contributed by atoms with E-state index in [0.29, 0.717) is 5.56 Å². The first-order chi connectivity index (χ1) is 8.27. The molecule has 0 radical (unpaired) electrons. The molecular weight excluding hydrogens is 216 g/mol. The first-order valence-corrected chi connectivity index (χ1v) is 5.53. The second-order valence-electron chi connectivity index (χ2n) is 3.76. The van der Waals surface area contributed by atoms with Crippen LogP contribution >= 0.6 is 0 Å². The number of nitriles is 1. The predicted molar refractivity (Wildman–Crippen MR) is 66.8 cm³/mol. The van der Waals surface area contributed by atoms with Crippen molar-refractivity contribution in [3.63, 3.8) is 0 Å². The van der Waals surface area contributed by atoms with E-state index in [0.717, 1.165) is 31.9 Å². The summed E-state index contributed by atoms with van der Waals surface area (Å²) in [5, 5.41) is 12.1. The standard InChI is InChI=1S/C12H18N4O/c1-16(7-8-17-2)6-5-15-12-10-14-4-3-11(12)9-13/h3-4,10,15H,5-8H2,1-2H3. The number of likely N-dealkylation sites (N-methyl/N-ethyl adjacent to an activating group) is 1. The van der Waals surface area contributed by atoms with Gasteiger partial charge in [0.05, 0.1) is 24.1 Å². The predicted octanol–water partition coefficient (Wildman–Crippen LogP) is 0.943. The lowest BCUT2D eigenvalue weighted by atomic mass is 10.2. The van der Waals surface area contributed by atoms with Gasteiger partial charge in [0.2, 0.25) is 0 Å². The quantitative estimate of drug-likeness (QED) is 0.761. The molecule has 1 N–H and O–H groups in total. The van der Waals surface area contributed by atoms with Gasteiger partial charge in [-0.3, -0.25) is 4.98 Å². The van der Waals surface area contributed by atoms with Crippen LogP contribution in [0.1, 0.15) is 5.56 Å². The highest BCUT2D eigenvalue weighted by molar-refractivity contribution is 5.55. The molecule has 0 aromatic carbocycles. The number of methoxy groups -OCH3 is 1. The Balaban J connectivity index is 2.33. The van der Waals surface area contributed by atoms with Crippen LogP contribution in [-0.4, -0.2) is 50.3 Å². The molecule has 0 saturated heterocycles. The summed E-state index contributed by atoms with van der Waals surface area (Å²) < 4.78 is 5.00. The van der Waals surface area contributed by atoms with Crippen molar-refractivity contribution in [3.05, 3.63) is 24.0 Å². The van der Waals surface area contributed by atoms with E-state index in [1.54, 1.807) is 25.6 Å². The smallest absolute Gasteiger partial charge is 0.101 e. The molecule has 0 bridgehead atoms. The Bertz CT molecular complexity index is 375. The Kier molecular flexibility index (Phi) is 6.00. The van der Waals surface area contributed by atoms with Gasteiger partial charge in [0, 0.05) is 32.9 Å². The second kappa shape index (κ2) is 7.60. The van der Waals surface area contributed by atoms with Gasteiger partial charge in [-0.25, -0.2) is 0 Å². The molecule has 1 aromatic heterocycles. The van der Waals surface area contributed by atoms with E-state index in [2.05, 4.69) is 21.3 Å². The summed E-state index contributed by atoms with van der Waals surface area (Å²) in [6.45, 7) is 3.30. The van der Waals surface area contributed by atoms with Crippen LogP contribution < -0.4 is 5.32 Å². The van der Waals surface area contributed by atoms with E-state index in [4.69, 9.17) is 10.00 Å². The Morgan fingerprint density at radius 2 is 2.35 bits per heavy atom. The summed E-state index contributed by atoms with van der Waals surface area (Å²) in [5.41, 5.74) is 1.41. The largest absolute Gasteiger partial charge is 0.383 e. The fourth-order valence-corrected chi connectivity index (χ4v) is 1.37. The number of anilines is 1. The molecule has 92 valence electrons. The molecule has 0 aliphatic heterocycles. The molecular formula is C12H18N4O. The zero-order valence-electron chi connectivity index (χ0n) is 10.3. The van der Waals surface area contributed by atoms with Gasteiger partial charge >= 0.3 is 0 Å². The maximum absolute atomic E-state index is 8.90. The summed E-state index contributed by atoms with van der Waals surface area (Å²) >= 11 is 0. The molecule has 17 heavy (non-hydrogen) atoms. The highest BCUT2D eigenvalue weighted by atomic mass is 16.5.